The van der Waals surface area contributed by atoms with Crippen molar-refractivity contribution in [2.24, 2.45) is 0 Å². The summed E-state index contributed by atoms with van der Waals surface area (Å²) in [6, 6.07) is 8.27. The summed E-state index contributed by atoms with van der Waals surface area (Å²) < 4.78 is 9.63. The molecule has 2 aromatic rings. The molecule has 164 valence electrons. The first-order chi connectivity index (χ1) is 14.1. The SMILES string of the molecule is CCC[CH2][Sn-]([CH2]C=Cn1nnc2ccccc21)([CH2]CCC)([CH2]CCC)[CH2]CCC. The van der Waals surface area contributed by atoms with Crippen LogP contribution in [0.25, 0.3) is 17.2 Å². The Kier molecular flexibility index (Phi) is 10.2. The summed E-state index contributed by atoms with van der Waals surface area (Å²) in [5.41, 5.74) is 2.10. The average molecular weight is 505 g/mol. The van der Waals surface area contributed by atoms with Gasteiger partial charge in [-0.2, -0.15) is 0 Å². The van der Waals surface area contributed by atoms with E-state index in [1.807, 2.05) is 16.8 Å². The van der Waals surface area contributed by atoms with Crippen LogP contribution in [0.1, 0.15) is 79.1 Å². The van der Waals surface area contributed by atoms with Crippen molar-refractivity contribution in [1.82, 2.24) is 15.0 Å². The van der Waals surface area contributed by atoms with Gasteiger partial charge in [0.15, 0.2) is 0 Å². The number of hydrogen-bond donors (Lipinski definition) is 0. The molecule has 0 unspecified atom stereocenters. The molecule has 4 heteroatoms. The van der Waals surface area contributed by atoms with Gasteiger partial charge in [0.25, 0.3) is 0 Å². The topological polar surface area (TPSA) is 30.7 Å². The molecule has 0 saturated carbocycles. The van der Waals surface area contributed by atoms with Gasteiger partial charge in [-0.05, 0) is 0 Å². The fourth-order valence-corrected chi connectivity index (χ4v) is 29.6. The Morgan fingerprint density at radius 3 is 1.83 bits per heavy atom. The first kappa shape index (κ1) is 24.4. The molecular formula is C25H44N3Sn-. The van der Waals surface area contributed by atoms with Crippen LogP contribution in [0.15, 0.2) is 30.3 Å². The summed E-state index contributed by atoms with van der Waals surface area (Å²) in [4.78, 5) is 0. The van der Waals surface area contributed by atoms with Crippen LogP contribution in [-0.2, 0) is 0 Å². The van der Waals surface area contributed by atoms with Crippen LogP contribution in [-0.4, -0.2) is 32.0 Å². The van der Waals surface area contributed by atoms with E-state index < -0.39 is 17.0 Å². The number of benzene rings is 1. The predicted octanol–water partition coefficient (Wildman–Crippen LogP) is 8.51. The number of allylic oxidation sites excluding steroid dienone is 1. The van der Waals surface area contributed by atoms with E-state index in [9.17, 15) is 0 Å². The van der Waals surface area contributed by atoms with E-state index in [0.717, 1.165) is 11.0 Å². The zero-order valence-electron chi connectivity index (χ0n) is 19.5. The van der Waals surface area contributed by atoms with E-state index >= 15 is 0 Å². The van der Waals surface area contributed by atoms with Crippen molar-refractivity contribution in [1.29, 1.82) is 0 Å². The standard InChI is InChI=1S/C9H8N3.4C4H9.Sn/c1-2-7-12-9-6-4-3-5-8(9)10-11-12;4*1-3-4-2;/h2-7H,1H2;4*1,3-4H2,2H3;/q;;;;;-1. The molecule has 0 aliphatic carbocycles. The van der Waals surface area contributed by atoms with Gasteiger partial charge in [-0.15, -0.1) is 0 Å². The van der Waals surface area contributed by atoms with Crippen LogP contribution in [0.5, 0.6) is 0 Å². The summed E-state index contributed by atoms with van der Waals surface area (Å²) in [6.45, 7) is 9.50. The van der Waals surface area contributed by atoms with Crippen molar-refractivity contribution in [3.8, 4) is 0 Å². The van der Waals surface area contributed by atoms with Crippen LogP contribution in [0.2, 0.25) is 22.2 Å². The summed E-state index contributed by atoms with van der Waals surface area (Å²) in [5, 5.41) is 8.72. The third-order valence-electron chi connectivity index (χ3n) is 7.27. The molecule has 0 atom stereocenters. The van der Waals surface area contributed by atoms with Gasteiger partial charge in [0.2, 0.25) is 0 Å². The number of para-hydroxylation sites is 1. The quantitative estimate of drug-likeness (QED) is 0.227. The van der Waals surface area contributed by atoms with E-state index in [4.69, 9.17) is 0 Å². The number of aromatic nitrogens is 3. The third kappa shape index (κ3) is 6.57. The van der Waals surface area contributed by atoms with Crippen molar-refractivity contribution in [2.45, 2.75) is 101 Å². The van der Waals surface area contributed by atoms with Crippen molar-refractivity contribution in [2.75, 3.05) is 0 Å². The van der Waals surface area contributed by atoms with E-state index in [-0.39, 0.29) is 0 Å². The normalized spacial score (nSPS) is 13.9. The van der Waals surface area contributed by atoms with Gasteiger partial charge < -0.3 is 0 Å². The molecule has 0 saturated heterocycles. The van der Waals surface area contributed by atoms with Gasteiger partial charge in [-0.25, -0.2) is 0 Å². The maximum absolute atomic E-state index is 4.39. The second kappa shape index (κ2) is 12.1. The Morgan fingerprint density at radius 1 is 0.793 bits per heavy atom. The van der Waals surface area contributed by atoms with Crippen LogP contribution in [0.3, 0.4) is 0 Å². The number of rotatable bonds is 15. The molecule has 0 aliphatic heterocycles. The monoisotopic (exact) mass is 506 g/mol. The van der Waals surface area contributed by atoms with Crippen LogP contribution in [0.4, 0.5) is 0 Å². The molecule has 0 radical (unpaired) electrons. The number of hydrogen-bond acceptors (Lipinski definition) is 2. The minimum atomic E-state index is -2.88. The minimum absolute atomic E-state index is 0.982. The fraction of sp³-hybridized carbons (Fsp3) is 0.680. The summed E-state index contributed by atoms with van der Waals surface area (Å²) in [5.74, 6) is 0. The maximum atomic E-state index is 4.39. The van der Waals surface area contributed by atoms with Gasteiger partial charge in [-0.3, -0.25) is 0 Å². The number of fused-ring (bicyclic) bond motifs is 1. The van der Waals surface area contributed by atoms with Crippen molar-refractivity contribution >= 4 is 34.2 Å². The summed E-state index contributed by atoms with van der Waals surface area (Å²) in [7, 11) is 0. The van der Waals surface area contributed by atoms with Crippen molar-refractivity contribution in [3.63, 3.8) is 0 Å². The first-order valence-corrected chi connectivity index (χ1v) is 22.4. The Labute approximate surface area is 180 Å². The molecule has 0 spiro atoms. The summed E-state index contributed by atoms with van der Waals surface area (Å²) in [6.07, 6.45) is 15.8. The van der Waals surface area contributed by atoms with Crippen LogP contribution < -0.4 is 0 Å². The van der Waals surface area contributed by atoms with Crippen LogP contribution >= 0.6 is 0 Å². The second-order valence-electron chi connectivity index (χ2n) is 9.53. The van der Waals surface area contributed by atoms with Crippen LogP contribution in [0, 0.1) is 0 Å². The molecular weight excluding hydrogens is 461 g/mol. The molecule has 29 heavy (non-hydrogen) atoms. The first-order valence-electron chi connectivity index (χ1n) is 12.3. The molecule has 0 N–H and O–H groups in total. The Balaban J connectivity index is 2.36. The van der Waals surface area contributed by atoms with E-state index in [1.165, 1.54) is 55.8 Å². The molecule has 1 aromatic heterocycles. The number of unbranched alkanes of at least 4 members (excludes halogenated alkanes) is 4. The number of nitrogens with zero attached hydrogens (tertiary/aromatic N) is 3. The zero-order valence-corrected chi connectivity index (χ0v) is 22.4. The molecule has 0 bridgehead atoms. The van der Waals surface area contributed by atoms with Gasteiger partial charge in [0, 0.05) is 0 Å². The van der Waals surface area contributed by atoms with Gasteiger partial charge in [-0.1, -0.05) is 0 Å². The summed E-state index contributed by atoms with van der Waals surface area (Å²) >= 11 is -2.88. The Hall–Kier alpha value is -0.841. The molecule has 0 fully saturated rings. The van der Waals surface area contributed by atoms with Gasteiger partial charge in [0.05, 0.1) is 0 Å². The second-order valence-corrected chi connectivity index (χ2v) is 30.7. The van der Waals surface area contributed by atoms with E-state index in [0.29, 0.717) is 0 Å². The van der Waals surface area contributed by atoms with E-state index in [1.54, 1.807) is 17.7 Å². The third-order valence-corrected chi connectivity index (χ3v) is 31.4. The Morgan fingerprint density at radius 2 is 1.31 bits per heavy atom. The fourth-order valence-electron chi connectivity index (χ4n) is 5.35. The average Bonchev–Trinajstić information content (AvgIpc) is 3.17. The van der Waals surface area contributed by atoms with Crippen molar-refractivity contribution in [3.05, 3.63) is 30.3 Å². The molecule has 3 nitrogen and oxygen atoms in total. The molecule has 0 aliphatic rings. The van der Waals surface area contributed by atoms with Crippen molar-refractivity contribution < 1.29 is 0 Å². The Bertz CT molecular complexity index is 706. The molecule has 1 heterocycles. The zero-order chi connectivity index (χ0) is 21.0. The molecule has 1 aromatic carbocycles. The van der Waals surface area contributed by atoms with Gasteiger partial charge in [0.1, 0.15) is 0 Å². The molecule has 2 rings (SSSR count). The molecule has 0 amide bonds. The van der Waals surface area contributed by atoms with Gasteiger partial charge >= 0.3 is 181 Å². The predicted molar refractivity (Wildman–Crippen MR) is 132 cm³/mol. The van der Waals surface area contributed by atoms with E-state index in [2.05, 4.69) is 62.4 Å².